The summed E-state index contributed by atoms with van der Waals surface area (Å²) in [6.45, 7) is 3.24. The first-order valence-electron chi connectivity index (χ1n) is 10.4. The molecule has 0 aliphatic heterocycles. The Labute approximate surface area is 182 Å². The van der Waals surface area contributed by atoms with Crippen LogP contribution in [0.5, 0.6) is 17.2 Å². The van der Waals surface area contributed by atoms with Crippen molar-refractivity contribution in [2.75, 3.05) is 27.9 Å². The Hall–Kier alpha value is -2.97. The van der Waals surface area contributed by atoms with Gasteiger partial charge in [-0.15, -0.1) is 0 Å². The SMILES string of the molecule is COc1cc(C(=O)NCC(=O)O[C@H](C)C(=O)N[C@@H]2CCCC[C@@H]2C)cc(OC)c1OC. The van der Waals surface area contributed by atoms with Crippen molar-refractivity contribution < 1.29 is 33.3 Å². The van der Waals surface area contributed by atoms with Crippen LogP contribution < -0.4 is 24.8 Å². The number of carbonyl (C=O) groups is 3. The van der Waals surface area contributed by atoms with Crippen molar-refractivity contribution in [2.45, 2.75) is 51.7 Å². The summed E-state index contributed by atoms with van der Waals surface area (Å²) in [5.74, 6) is -0.174. The highest BCUT2D eigenvalue weighted by Gasteiger charge is 2.26. The quantitative estimate of drug-likeness (QED) is 0.570. The van der Waals surface area contributed by atoms with E-state index in [-0.39, 0.29) is 24.1 Å². The lowest BCUT2D eigenvalue weighted by atomic mass is 9.86. The molecule has 1 fully saturated rings. The van der Waals surface area contributed by atoms with Gasteiger partial charge in [0.1, 0.15) is 6.54 Å². The van der Waals surface area contributed by atoms with E-state index in [1.54, 1.807) is 0 Å². The van der Waals surface area contributed by atoms with E-state index >= 15 is 0 Å². The summed E-state index contributed by atoms with van der Waals surface area (Å²) in [5.41, 5.74) is 0.222. The Morgan fingerprint density at radius 3 is 2.19 bits per heavy atom. The predicted octanol–water partition coefficient (Wildman–Crippen LogP) is 2.07. The van der Waals surface area contributed by atoms with E-state index in [1.807, 2.05) is 0 Å². The number of nitrogens with one attached hydrogen (secondary N) is 2. The van der Waals surface area contributed by atoms with Crippen molar-refractivity contribution in [3.63, 3.8) is 0 Å². The molecular weight excluding hydrogens is 404 g/mol. The molecule has 9 heteroatoms. The highest BCUT2D eigenvalue weighted by Crippen LogP contribution is 2.38. The number of amides is 2. The molecule has 3 atom stereocenters. The molecular formula is C22H32N2O7. The van der Waals surface area contributed by atoms with Crippen LogP contribution in [-0.4, -0.2) is 57.8 Å². The first-order valence-corrected chi connectivity index (χ1v) is 10.4. The Kier molecular flexibility index (Phi) is 8.96. The van der Waals surface area contributed by atoms with Crippen LogP contribution in [0, 0.1) is 5.92 Å². The van der Waals surface area contributed by atoms with Gasteiger partial charge in [0.05, 0.1) is 21.3 Å². The zero-order chi connectivity index (χ0) is 23.0. The zero-order valence-corrected chi connectivity index (χ0v) is 18.8. The van der Waals surface area contributed by atoms with Gasteiger partial charge in [-0.1, -0.05) is 19.8 Å². The normalized spacial score (nSPS) is 19.0. The number of hydrogen-bond acceptors (Lipinski definition) is 7. The van der Waals surface area contributed by atoms with Crippen LogP contribution in [0.15, 0.2) is 12.1 Å². The van der Waals surface area contributed by atoms with Gasteiger partial charge in [0.25, 0.3) is 11.8 Å². The lowest BCUT2D eigenvalue weighted by molar-refractivity contribution is -0.154. The highest BCUT2D eigenvalue weighted by atomic mass is 16.5. The fraction of sp³-hybridized carbons (Fsp3) is 0.591. The van der Waals surface area contributed by atoms with Gasteiger partial charge in [0.15, 0.2) is 17.6 Å². The van der Waals surface area contributed by atoms with Crippen molar-refractivity contribution >= 4 is 17.8 Å². The van der Waals surface area contributed by atoms with Gasteiger partial charge in [0, 0.05) is 11.6 Å². The first-order chi connectivity index (χ1) is 14.8. The number of ether oxygens (including phenoxy) is 4. The molecule has 172 valence electrons. The molecule has 2 amide bonds. The molecule has 0 bridgehead atoms. The van der Waals surface area contributed by atoms with Gasteiger partial charge in [-0.05, 0) is 37.8 Å². The van der Waals surface area contributed by atoms with E-state index < -0.39 is 18.0 Å². The fourth-order valence-electron chi connectivity index (χ4n) is 3.59. The molecule has 1 aromatic rings. The van der Waals surface area contributed by atoms with Crippen LogP contribution in [0.2, 0.25) is 0 Å². The number of carbonyl (C=O) groups excluding carboxylic acids is 3. The molecule has 0 spiro atoms. The molecule has 1 aromatic carbocycles. The molecule has 9 nitrogen and oxygen atoms in total. The van der Waals surface area contributed by atoms with Crippen LogP contribution in [0.1, 0.15) is 49.9 Å². The fourth-order valence-corrected chi connectivity index (χ4v) is 3.59. The lowest BCUT2D eigenvalue weighted by Gasteiger charge is -2.30. The number of esters is 1. The van der Waals surface area contributed by atoms with E-state index in [1.165, 1.54) is 46.8 Å². The number of methoxy groups -OCH3 is 3. The maximum atomic E-state index is 12.5. The number of hydrogen-bond donors (Lipinski definition) is 2. The largest absolute Gasteiger partial charge is 0.493 e. The molecule has 2 rings (SSSR count). The molecule has 0 aromatic heterocycles. The van der Waals surface area contributed by atoms with Gasteiger partial charge in [-0.2, -0.15) is 0 Å². The van der Waals surface area contributed by atoms with Crippen LogP contribution >= 0.6 is 0 Å². The van der Waals surface area contributed by atoms with E-state index in [4.69, 9.17) is 18.9 Å². The van der Waals surface area contributed by atoms with Crippen molar-refractivity contribution in [3.05, 3.63) is 17.7 Å². The predicted molar refractivity (Wildman–Crippen MR) is 114 cm³/mol. The Morgan fingerprint density at radius 1 is 1.03 bits per heavy atom. The molecule has 2 N–H and O–H groups in total. The lowest BCUT2D eigenvalue weighted by Crippen LogP contribution is -2.46. The number of rotatable bonds is 9. The Bertz CT molecular complexity index is 771. The third-order valence-corrected chi connectivity index (χ3v) is 5.44. The molecule has 0 saturated heterocycles. The minimum Gasteiger partial charge on any atom is -0.493 e. The molecule has 1 aliphatic rings. The van der Waals surface area contributed by atoms with Gasteiger partial charge in [0.2, 0.25) is 5.75 Å². The summed E-state index contributed by atoms with van der Waals surface area (Å²) in [5, 5.41) is 5.43. The monoisotopic (exact) mass is 436 g/mol. The van der Waals surface area contributed by atoms with Crippen molar-refractivity contribution in [1.82, 2.24) is 10.6 Å². The highest BCUT2D eigenvalue weighted by molar-refractivity contribution is 5.97. The Balaban J connectivity index is 1.89. The van der Waals surface area contributed by atoms with E-state index in [2.05, 4.69) is 17.6 Å². The molecule has 0 unspecified atom stereocenters. The second-order valence-corrected chi connectivity index (χ2v) is 7.61. The summed E-state index contributed by atoms with van der Waals surface area (Å²) in [4.78, 5) is 36.9. The molecule has 31 heavy (non-hydrogen) atoms. The third kappa shape index (κ3) is 6.50. The third-order valence-electron chi connectivity index (χ3n) is 5.44. The maximum absolute atomic E-state index is 12.5. The molecule has 1 aliphatic carbocycles. The van der Waals surface area contributed by atoms with E-state index in [9.17, 15) is 14.4 Å². The van der Waals surface area contributed by atoms with Crippen LogP contribution in [0.25, 0.3) is 0 Å². The van der Waals surface area contributed by atoms with Crippen molar-refractivity contribution in [2.24, 2.45) is 5.92 Å². The average Bonchev–Trinajstić information content (AvgIpc) is 2.77. The topological polar surface area (TPSA) is 112 Å². The summed E-state index contributed by atoms with van der Waals surface area (Å²) >= 11 is 0. The zero-order valence-electron chi connectivity index (χ0n) is 18.8. The van der Waals surface area contributed by atoms with Crippen LogP contribution in [0.4, 0.5) is 0 Å². The summed E-state index contributed by atoms with van der Waals surface area (Å²) in [7, 11) is 4.34. The minimum absolute atomic E-state index is 0.0992. The van der Waals surface area contributed by atoms with Gasteiger partial charge >= 0.3 is 5.97 Å². The summed E-state index contributed by atoms with van der Waals surface area (Å²) in [6.07, 6.45) is 3.31. The maximum Gasteiger partial charge on any atom is 0.326 e. The van der Waals surface area contributed by atoms with E-state index in [0.29, 0.717) is 23.2 Å². The second kappa shape index (κ2) is 11.4. The second-order valence-electron chi connectivity index (χ2n) is 7.61. The Morgan fingerprint density at radius 2 is 1.65 bits per heavy atom. The van der Waals surface area contributed by atoms with Gasteiger partial charge in [-0.3, -0.25) is 14.4 Å². The molecule has 1 saturated carbocycles. The summed E-state index contributed by atoms with van der Waals surface area (Å²) in [6, 6.07) is 3.05. The van der Waals surface area contributed by atoms with Crippen molar-refractivity contribution in [3.8, 4) is 17.2 Å². The van der Waals surface area contributed by atoms with Gasteiger partial charge < -0.3 is 29.6 Å². The summed E-state index contributed by atoms with van der Waals surface area (Å²) < 4.78 is 20.8. The number of benzene rings is 1. The molecule has 0 heterocycles. The van der Waals surface area contributed by atoms with Gasteiger partial charge in [-0.25, -0.2) is 0 Å². The van der Waals surface area contributed by atoms with Crippen LogP contribution in [0.3, 0.4) is 0 Å². The first kappa shape index (κ1) is 24.3. The molecule has 0 radical (unpaired) electrons. The van der Waals surface area contributed by atoms with Crippen LogP contribution in [-0.2, 0) is 14.3 Å². The standard InChI is InChI=1S/C22H32N2O7/c1-13-8-6-7-9-16(13)24-21(26)14(2)31-19(25)12-23-22(27)15-10-17(28-3)20(30-5)18(11-15)29-4/h10-11,13-14,16H,6-9,12H2,1-5H3,(H,23,27)(H,24,26)/t13-,14+,16+/m0/s1. The smallest absolute Gasteiger partial charge is 0.326 e. The van der Waals surface area contributed by atoms with E-state index in [0.717, 1.165) is 19.3 Å². The minimum atomic E-state index is -0.945. The van der Waals surface area contributed by atoms with Crippen molar-refractivity contribution in [1.29, 1.82) is 0 Å². The average molecular weight is 437 g/mol.